The van der Waals surface area contributed by atoms with Gasteiger partial charge in [0.1, 0.15) is 0 Å². The normalized spacial score (nSPS) is 12.4. The van der Waals surface area contributed by atoms with Crippen LogP contribution in [-0.4, -0.2) is 9.81 Å². The fourth-order valence-corrected chi connectivity index (χ4v) is 2.76. The van der Waals surface area contributed by atoms with Gasteiger partial charge in [-0.05, 0) is 43.4 Å². The molecular formula is C16H17BrClN. The molecular weight excluding hydrogens is 322 g/mol. The molecule has 100 valence electrons. The van der Waals surface area contributed by atoms with E-state index in [9.17, 15) is 0 Å². The lowest BCUT2D eigenvalue weighted by atomic mass is 10.0. The van der Waals surface area contributed by atoms with Crippen molar-refractivity contribution < 1.29 is 0 Å². The van der Waals surface area contributed by atoms with Crippen molar-refractivity contribution in [1.82, 2.24) is 4.98 Å². The van der Waals surface area contributed by atoms with Gasteiger partial charge in [0.15, 0.2) is 0 Å². The molecule has 0 fully saturated rings. The lowest BCUT2D eigenvalue weighted by Crippen LogP contribution is -2.05. The summed E-state index contributed by atoms with van der Waals surface area (Å²) in [5.74, 6) is 0. The molecule has 1 unspecified atom stereocenters. The summed E-state index contributed by atoms with van der Waals surface area (Å²) in [4.78, 5) is 4.45. The number of halogens is 2. The average molecular weight is 339 g/mol. The third kappa shape index (κ3) is 4.63. The van der Waals surface area contributed by atoms with Crippen molar-refractivity contribution in [2.24, 2.45) is 0 Å². The summed E-state index contributed by atoms with van der Waals surface area (Å²) in [6.45, 7) is 2.11. The molecule has 0 aliphatic rings. The van der Waals surface area contributed by atoms with E-state index in [4.69, 9.17) is 11.6 Å². The lowest BCUT2D eigenvalue weighted by Gasteiger charge is -2.11. The van der Waals surface area contributed by atoms with Crippen LogP contribution in [0.5, 0.6) is 0 Å². The number of alkyl halides is 1. The quantitative estimate of drug-likeness (QED) is 0.700. The average Bonchev–Trinajstić information content (AvgIpc) is 2.41. The molecule has 2 rings (SSSR count). The number of aryl methyl sites for hydroxylation is 2. The van der Waals surface area contributed by atoms with Crippen LogP contribution in [0.4, 0.5) is 0 Å². The molecule has 1 heterocycles. The Balaban J connectivity index is 1.86. The van der Waals surface area contributed by atoms with Crippen molar-refractivity contribution in [3.8, 4) is 0 Å². The van der Waals surface area contributed by atoms with Crippen LogP contribution in [0.2, 0.25) is 5.02 Å². The van der Waals surface area contributed by atoms with Gasteiger partial charge in [-0.1, -0.05) is 57.4 Å². The minimum atomic E-state index is 0.439. The molecule has 1 aromatic carbocycles. The number of hydrogen-bond acceptors (Lipinski definition) is 1. The molecule has 0 spiro atoms. The monoisotopic (exact) mass is 337 g/mol. The van der Waals surface area contributed by atoms with Gasteiger partial charge >= 0.3 is 0 Å². The third-order valence-electron chi connectivity index (χ3n) is 3.16. The maximum Gasteiger partial charge on any atom is 0.0621 e. The van der Waals surface area contributed by atoms with Crippen LogP contribution in [0.1, 0.15) is 23.1 Å². The van der Waals surface area contributed by atoms with Crippen LogP contribution in [0.3, 0.4) is 0 Å². The molecule has 0 saturated carbocycles. The van der Waals surface area contributed by atoms with Gasteiger partial charge in [0.05, 0.1) is 5.02 Å². The van der Waals surface area contributed by atoms with Crippen molar-refractivity contribution >= 4 is 27.5 Å². The van der Waals surface area contributed by atoms with Crippen LogP contribution in [0, 0.1) is 6.92 Å². The van der Waals surface area contributed by atoms with E-state index in [1.54, 1.807) is 12.4 Å². The highest BCUT2D eigenvalue weighted by Crippen LogP contribution is 2.21. The van der Waals surface area contributed by atoms with E-state index in [-0.39, 0.29) is 0 Å². The Morgan fingerprint density at radius 1 is 1.21 bits per heavy atom. The van der Waals surface area contributed by atoms with E-state index in [0.717, 1.165) is 29.8 Å². The number of benzene rings is 1. The molecule has 0 N–H and O–H groups in total. The standard InChI is InChI=1S/C16H17BrClN/c1-12-2-4-13(5-3-12)6-7-15(17)10-14-8-9-19-11-16(14)18/h2-5,8-9,11,15H,6-7,10H2,1H3. The zero-order chi connectivity index (χ0) is 13.7. The Morgan fingerprint density at radius 3 is 2.63 bits per heavy atom. The van der Waals surface area contributed by atoms with Crippen LogP contribution >= 0.6 is 27.5 Å². The molecule has 0 saturated heterocycles. The van der Waals surface area contributed by atoms with Gasteiger partial charge < -0.3 is 0 Å². The van der Waals surface area contributed by atoms with Crippen LogP contribution in [0.25, 0.3) is 0 Å². The molecule has 0 amide bonds. The zero-order valence-electron chi connectivity index (χ0n) is 10.9. The molecule has 0 radical (unpaired) electrons. The van der Waals surface area contributed by atoms with Crippen molar-refractivity contribution in [1.29, 1.82) is 0 Å². The molecule has 19 heavy (non-hydrogen) atoms. The van der Waals surface area contributed by atoms with Gasteiger partial charge in [0, 0.05) is 17.2 Å². The minimum Gasteiger partial charge on any atom is -0.263 e. The maximum atomic E-state index is 6.12. The summed E-state index contributed by atoms with van der Waals surface area (Å²) < 4.78 is 0. The first-order chi connectivity index (χ1) is 9.15. The van der Waals surface area contributed by atoms with Crippen molar-refractivity contribution in [2.45, 2.75) is 31.0 Å². The van der Waals surface area contributed by atoms with Crippen LogP contribution in [-0.2, 0) is 12.8 Å². The highest BCUT2D eigenvalue weighted by molar-refractivity contribution is 9.09. The van der Waals surface area contributed by atoms with Gasteiger partial charge in [0.25, 0.3) is 0 Å². The largest absolute Gasteiger partial charge is 0.263 e. The van der Waals surface area contributed by atoms with Crippen LogP contribution in [0.15, 0.2) is 42.7 Å². The topological polar surface area (TPSA) is 12.9 Å². The summed E-state index contributed by atoms with van der Waals surface area (Å²) in [7, 11) is 0. The van der Waals surface area contributed by atoms with E-state index in [1.165, 1.54) is 11.1 Å². The molecule has 1 nitrogen and oxygen atoms in total. The van der Waals surface area contributed by atoms with Crippen LogP contribution < -0.4 is 0 Å². The van der Waals surface area contributed by atoms with Gasteiger partial charge in [0.2, 0.25) is 0 Å². The second-order valence-corrected chi connectivity index (χ2v) is 6.49. The first-order valence-electron chi connectivity index (χ1n) is 6.43. The SMILES string of the molecule is Cc1ccc(CCC(Br)Cc2ccncc2Cl)cc1. The van der Waals surface area contributed by atoms with Gasteiger partial charge in [-0.25, -0.2) is 0 Å². The number of nitrogens with zero attached hydrogens (tertiary/aromatic N) is 1. The van der Waals surface area contributed by atoms with Crippen molar-refractivity contribution in [3.63, 3.8) is 0 Å². The fourth-order valence-electron chi connectivity index (χ4n) is 1.99. The van der Waals surface area contributed by atoms with E-state index in [1.807, 2.05) is 6.07 Å². The maximum absolute atomic E-state index is 6.12. The van der Waals surface area contributed by atoms with Crippen molar-refractivity contribution in [3.05, 3.63) is 64.4 Å². The summed E-state index contributed by atoms with van der Waals surface area (Å²) in [6, 6.07) is 10.7. The number of hydrogen-bond donors (Lipinski definition) is 0. The van der Waals surface area contributed by atoms with Gasteiger partial charge in [-0.3, -0.25) is 4.98 Å². The Hall–Kier alpha value is -0.860. The minimum absolute atomic E-state index is 0.439. The molecule has 1 atom stereocenters. The van der Waals surface area contributed by atoms with E-state index >= 15 is 0 Å². The van der Waals surface area contributed by atoms with Gasteiger partial charge in [-0.2, -0.15) is 0 Å². The predicted octanol–water partition coefficient (Wildman–Crippen LogP) is 4.98. The first kappa shape index (κ1) is 14.5. The molecule has 1 aromatic heterocycles. The second-order valence-electron chi connectivity index (χ2n) is 4.79. The Labute approximate surface area is 128 Å². The highest BCUT2D eigenvalue weighted by Gasteiger charge is 2.08. The Morgan fingerprint density at radius 2 is 1.95 bits per heavy atom. The van der Waals surface area contributed by atoms with E-state index in [0.29, 0.717) is 4.83 Å². The number of pyridine rings is 1. The Bertz CT molecular complexity index is 525. The summed E-state index contributed by atoms with van der Waals surface area (Å²) >= 11 is 9.86. The van der Waals surface area contributed by atoms with E-state index in [2.05, 4.69) is 52.1 Å². The Kier molecular flexibility index (Phi) is 5.41. The van der Waals surface area contributed by atoms with Crippen molar-refractivity contribution in [2.75, 3.05) is 0 Å². The molecule has 0 aliphatic heterocycles. The lowest BCUT2D eigenvalue weighted by molar-refractivity contribution is 0.762. The second kappa shape index (κ2) is 7.06. The number of aromatic nitrogens is 1. The third-order valence-corrected chi connectivity index (χ3v) is 4.29. The van der Waals surface area contributed by atoms with E-state index < -0.39 is 0 Å². The zero-order valence-corrected chi connectivity index (χ0v) is 13.3. The molecule has 0 bridgehead atoms. The smallest absolute Gasteiger partial charge is 0.0621 e. The molecule has 3 heteroatoms. The summed E-state index contributed by atoms with van der Waals surface area (Å²) in [6.07, 6.45) is 6.62. The number of rotatable bonds is 5. The first-order valence-corrected chi connectivity index (χ1v) is 7.72. The predicted molar refractivity (Wildman–Crippen MR) is 85.2 cm³/mol. The summed E-state index contributed by atoms with van der Waals surface area (Å²) in [5, 5.41) is 0.752. The molecule has 2 aromatic rings. The molecule has 0 aliphatic carbocycles. The summed E-state index contributed by atoms with van der Waals surface area (Å²) in [5.41, 5.74) is 3.85. The van der Waals surface area contributed by atoms with Gasteiger partial charge in [-0.15, -0.1) is 0 Å². The fraction of sp³-hybridized carbons (Fsp3) is 0.312. The highest BCUT2D eigenvalue weighted by atomic mass is 79.9.